The third kappa shape index (κ3) is 5.42. The highest BCUT2D eigenvalue weighted by Gasteiger charge is 2.57. The van der Waals surface area contributed by atoms with Gasteiger partial charge in [0.05, 0.1) is 18.0 Å². The molecular weight excluding hydrogens is 454 g/mol. The second-order valence-electron chi connectivity index (χ2n) is 7.64. The Morgan fingerprint density at radius 3 is 2.53 bits per heavy atom. The van der Waals surface area contributed by atoms with Crippen LogP contribution in [-0.4, -0.2) is 32.5 Å². The van der Waals surface area contributed by atoms with Crippen molar-refractivity contribution in [2.45, 2.75) is 37.7 Å². The molecule has 3 rings (SSSR count). The summed E-state index contributed by atoms with van der Waals surface area (Å²) in [5.41, 5.74) is -1.99. The summed E-state index contributed by atoms with van der Waals surface area (Å²) in [5, 5.41) is 4.97. The van der Waals surface area contributed by atoms with Crippen molar-refractivity contribution in [1.29, 1.82) is 0 Å². The fraction of sp³-hybridized carbons (Fsp3) is 0.350. The zero-order chi connectivity index (χ0) is 23.7. The molecule has 0 saturated carbocycles. The number of fused-ring (bicyclic) bond motifs is 1. The average Bonchev–Trinajstić information content (AvgIpc) is 2.66. The minimum atomic E-state index is -4.66. The average molecular weight is 475 g/mol. The summed E-state index contributed by atoms with van der Waals surface area (Å²) in [6.07, 6.45) is -4.30. The number of anilines is 1. The van der Waals surface area contributed by atoms with Gasteiger partial charge in [0.15, 0.2) is 0 Å². The van der Waals surface area contributed by atoms with E-state index in [2.05, 4.69) is 10.6 Å². The number of rotatable bonds is 5. The maximum absolute atomic E-state index is 14.1. The van der Waals surface area contributed by atoms with Gasteiger partial charge in [-0.2, -0.15) is 13.2 Å². The molecule has 0 unspecified atom stereocenters. The highest BCUT2D eigenvalue weighted by Crippen LogP contribution is 2.46. The topological polar surface area (TPSA) is 96.5 Å². The lowest BCUT2D eigenvalue weighted by atomic mass is 9.88. The van der Waals surface area contributed by atoms with Crippen LogP contribution in [0.4, 0.5) is 28.0 Å². The van der Waals surface area contributed by atoms with Crippen LogP contribution in [0.15, 0.2) is 42.5 Å². The van der Waals surface area contributed by atoms with E-state index in [9.17, 15) is 30.8 Å². The van der Waals surface area contributed by atoms with Crippen LogP contribution in [0.5, 0.6) is 5.75 Å². The van der Waals surface area contributed by atoms with Gasteiger partial charge < -0.3 is 15.4 Å². The first-order valence-electron chi connectivity index (χ1n) is 9.43. The molecule has 0 aromatic heterocycles. The fourth-order valence-corrected chi connectivity index (χ4v) is 3.86. The number of para-hydroxylation sites is 1. The van der Waals surface area contributed by atoms with Gasteiger partial charge in [-0.3, -0.25) is 4.72 Å². The lowest BCUT2D eigenvalue weighted by Crippen LogP contribution is -2.53. The van der Waals surface area contributed by atoms with E-state index in [4.69, 9.17) is 4.74 Å². The van der Waals surface area contributed by atoms with Crippen LogP contribution >= 0.6 is 0 Å². The molecule has 2 amide bonds. The van der Waals surface area contributed by atoms with Gasteiger partial charge in [0.1, 0.15) is 11.6 Å². The van der Waals surface area contributed by atoms with E-state index in [1.54, 1.807) is 12.1 Å². The molecule has 2 aromatic carbocycles. The quantitative estimate of drug-likeness (QED) is 0.573. The summed E-state index contributed by atoms with van der Waals surface area (Å²) in [5.74, 6) is -0.811. The van der Waals surface area contributed by atoms with Crippen LogP contribution < -0.4 is 20.1 Å². The normalized spacial score (nSPS) is 20.6. The molecule has 2 aromatic rings. The van der Waals surface area contributed by atoms with E-state index in [0.717, 1.165) is 19.2 Å². The molecule has 1 heterocycles. The largest absolute Gasteiger partial charge is 0.478 e. The molecule has 3 N–H and O–H groups in total. The van der Waals surface area contributed by atoms with Gasteiger partial charge in [-0.25, -0.2) is 17.6 Å². The Morgan fingerprint density at radius 1 is 1.22 bits per heavy atom. The maximum Gasteiger partial charge on any atom is 0.428 e. The first kappa shape index (κ1) is 23.6. The Labute approximate surface area is 182 Å². The van der Waals surface area contributed by atoms with Crippen molar-refractivity contribution in [3.63, 3.8) is 0 Å². The number of halogens is 4. The number of hydrogen-bond acceptors (Lipinski definition) is 4. The second kappa shape index (κ2) is 8.49. The molecule has 0 saturated heterocycles. The number of carbonyl (C=O) groups is 1. The number of benzene rings is 2. The minimum absolute atomic E-state index is 0.0277. The monoisotopic (exact) mass is 475 g/mol. The first-order valence-corrected chi connectivity index (χ1v) is 11.3. The van der Waals surface area contributed by atoms with Crippen molar-refractivity contribution >= 4 is 21.7 Å². The van der Waals surface area contributed by atoms with Crippen molar-refractivity contribution in [1.82, 2.24) is 10.6 Å². The third-order valence-corrected chi connectivity index (χ3v) is 5.50. The van der Waals surface area contributed by atoms with E-state index >= 15 is 0 Å². The maximum atomic E-state index is 14.1. The minimum Gasteiger partial charge on any atom is -0.478 e. The van der Waals surface area contributed by atoms with E-state index in [1.807, 2.05) is 4.72 Å². The Bertz CT molecular complexity index is 1120. The van der Waals surface area contributed by atoms with Gasteiger partial charge in [-0.05, 0) is 30.7 Å². The fourth-order valence-electron chi connectivity index (χ4n) is 3.29. The van der Waals surface area contributed by atoms with Gasteiger partial charge in [-0.1, -0.05) is 24.3 Å². The highest BCUT2D eigenvalue weighted by molar-refractivity contribution is 7.92. The molecule has 2 atom stereocenters. The van der Waals surface area contributed by atoms with E-state index in [0.29, 0.717) is 11.1 Å². The molecule has 32 heavy (non-hydrogen) atoms. The Morgan fingerprint density at radius 2 is 1.91 bits per heavy atom. The predicted molar refractivity (Wildman–Crippen MR) is 109 cm³/mol. The third-order valence-electron chi connectivity index (χ3n) is 4.91. The number of amides is 2. The summed E-state index contributed by atoms with van der Waals surface area (Å²) < 4.78 is 84.3. The standard InChI is InChI=1S/C20H21F4N3O4S/c1-19(20(22,23)24)10-16(13-5-3-4-6-17(13)31-19)26-18(28)25-11-12-7-8-15(14(21)9-12)27-32(2,29)30/h3-9,16,27H,10-11H2,1-2H3,(H2,25,26,28)/t16-,19-/m1/s1. The van der Waals surface area contributed by atoms with Crippen molar-refractivity contribution in [2.75, 3.05) is 11.0 Å². The number of ether oxygens (including phenoxy) is 1. The van der Waals surface area contributed by atoms with Crippen molar-refractivity contribution in [3.05, 3.63) is 59.4 Å². The molecule has 0 radical (unpaired) electrons. The molecular formula is C20H21F4N3O4S. The molecule has 7 nitrogen and oxygen atoms in total. The van der Waals surface area contributed by atoms with Crippen LogP contribution in [0, 0.1) is 5.82 Å². The molecule has 174 valence electrons. The zero-order valence-corrected chi connectivity index (χ0v) is 17.9. The molecule has 0 aliphatic carbocycles. The predicted octanol–water partition coefficient (Wildman–Crippen LogP) is 3.84. The number of carbonyl (C=O) groups excluding carboxylic acids is 1. The van der Waals surface area contributed by atoms with Crippen LogP contribution in [0.25, 0.3) is 0 Å². The Hall–Kier alpha value is -3.02. The summed E-state index contributed by atoms with van der Waals surface area (Å²) in [7, 11) is -3.66. The summed E-state index contributed by atoms with van der Waals surface area (Å²) in [4.78, 5) is 12.4. The van der Waals surface area contributed by atoms with Crippen LogP contribution in [-0.2, 0) is 16.6 Å². The van der Waals surface area contributed by atoms with Gasteiger partial charge in [0.25, 0.3) is 0 Å². The summed E-state index contributed by atoms with van der Waals surface area (Å²) >= 11 is 0. The van der Waals surface area contributed by atoms with Crippen molar-refractivity contribution < 1.29 is 35.5 Å². The lowest BCUT2D eigenvalue weighted by molar-refractivity contribution is -0.249. The lowest BCUT2D eigenvalue weighted by Gasteiger charge is -2.40. The Balaban J connectivity index is 1.69. The number of alkyl halides is 3. The Kier molecular flexibility index (Phi) is 6.27. The van der Waals surface area contributed by atoms with Crippen molar-refractivity contribution in [3.8, 4) is 5.75 Å². The molecule has 12 heteroatoms. The molecule has 0 spiro atoms. The van der Waals surface area contributed by atoms with Crippen LogP contribution in [0.2, 0.25) is 0 Å². The van der Waals surface area contributed by atoms with E-state index < -0.39 is 46.1 Å². The van der Waals surface area contributed by atoms with Crippen LogP contribution in [0.3, 0.4) is 0 Å². The molecule has 0 fully saturated rings. The van der Waals surface area contributed by atoms with Gasteiger partial charge in [0, 0.05) is 18.5 Å². The molecule has 1 aliphatic heterocycles. The van der Waals surface area contributed by atoms with Gasteiger partial charge >= 0.3 is 12.2 Å². The SMILES string of the molecule is C[C@]1(C(F)(F)F)C[C@@H](NC(=O)NCc2ccc(NS(C)(=O)=O)c(F)c2)c2ccccc2O1. The summed E-state index contributed by atoms with van der Waals surface area (Å²) in [6, 6.07) is 8.06. The number of nitrogens with one attached hydrogen (secondary N) is 3. The smallest absolute Gasteiger partial charge is 0.428 e. The summed E-state index contributed by atoms with van der Waals surface area (Å²) in [6.45, 7) is 0.785. The van der Waals surface area contributed by atoms with Crippen LogP contribution in [0.1, 0.15) is 30.5 Å². The van der Waals surface area contributed by atoms with Crippen molar-refractivity contribution in [2.24, 2.45) is 0 Å². The molecule has 1 aliphatic rings. The van der Waals surface area contributed by atoms with Gasteiger partial charge in [0.2, 0.25) is 15.6 Å². The molecule has 0 bridgehead atoms. The van der Waals surface area contributed by atoms with Gasteiger partial charge in [-0.15, -0.1) is 0 Å². The highest BCUT2D eigenvalue weighted by atomic mass is 32.2. The second-order valence-corrected chi connectivity index (χ2v) is 9.39. The zero-order valence-electron chi connectivity index (χ0n) is 17.1. The number of sulfonamides is 1. The number of urea groups is 1. The van der Waals surface area contributed by atoms with E-state index in [-0.39, 0.29) is 18.0 Å². The number of hydrogen-bond donors (Lipinski definition) is 3. The van der Waals surface area contributed by atoms with E-state index in [1.165, 1.54) is 24.3 Å². The first-order chi connectivity index (χ1) is 14.8.